The maximum atomic E-state index is 12.5. The number of amides is 1. The van der Waals surface area contributed by atoms with Crippen LogP contribution >= 0.6 is 0 Å². The van der Waals surface area contributed by atoms with Gasteiger partial charge in [0.15, 0.2) is 5.82 Å². The lowest BCUT2D eigenvalue weighted by Gasteiger charge is -2.30. The van der Waals surface area contributed by atoms with Gasteiger partial charge in [0.05, 0.1) is 12.5 Å². The average molecular weight is 343 g/mol. The maximum absolute atomic E-state index is 12.5. The van der Waals surface area contributed by atoms with Gasteiger partial charge in [-0.2, -0.15) is 4.98 Å². The van der Waals surface area contributed by atoms with Crippen molar-refractivity contribution in [3.8, 4) is 0 Å². The Morgan fingerprint density at radius 2 is 2.24 bits per heavy atom. The molecule has 1 N–H and O–H groups in total. The minimum absolute atomic E-state index is 0.0266. The van der Waals surface area contributed by atoms with E-state index in [1.807, 2.05) is 39.0 Å². The van der Waals surface area contributed by atoms with Crippen LogP contribution in [0, 0.1) is 12.8 Å². The number of aryl methyl sites for hydroxylation is 1. The van der Waals surface area contributed by atoms with Crippen molar-refractivity contribution in [2.75, 3.05) is 18.4 Å². The second-order valence-electron chi connectivity index (χ2n) is 6.93. The SMILES string of the molecule is Cc1cccc(NC(=O)C2CCCN(Cc3noc(C(C)C)n3)C2)n1. The summed E-state index contributed by atoms with van der Waals surface area (Å²) in [5, 5.41) is 6.97. The van der Waals surface area contributed by atoms with Crippen molar-refractivity contribution in [1.29, 1.82) is 0 Å². The predicted molar refractivity (Wildman–Crippen MR) is 94.0 cm³/mol. The van der Waals surface area contributed by atoms with Crippen molar-refractivity contribution < 1.29 is 9.32 Å². The molecule has 1 amide bonds. The summed E-state index contributed by atoms with van der Waals surface area (Å²) < 4.78 is 5.26. The standard InChI is InChI=1S/C18H25N5O2/c1-12(2)18-21-16(22-25-18)11-23-9-5-7-14(10-23)17(24)20-15-8-4-6-13(3)19-15/h4,6,8,12,14H,5,7,9-11H2,1-3H3,(H,19,20,24). The van der Waals surface area contributed by atoms with Crippen LogP contribution in [0.5, 0.6) is 0 Å². The van der Waals surface area contributed by atoms with Crippen LogP contribution in [0.4, 0.5) is 5.82 Å². The minimum atomic E-state index is -0.0486. The first kappa shape index (κ1) is 17.5. The lowest BCUT2D eigenvalue weighted by Crippen LogP contribution is -2.40. The number of carbonyl (C=O) groups is 1. The van der Waals surface area contributed by atoms with E-state index in [9.17, 15) is 4.79 Å². The monoisotopic (exact) mass is 343 g/mol. The van der Waals surface area contributed by atoms with Crippen molar-refractivity contribution in [1.82, 2.24) is 20.0 Å². The van der Waals surface area contributed by atoms with Gasteiger partial charge in [0.25, 0.3) is 0 Å². The summed E-state index contributed by atoms with van der Waals surface area (Å²) in [5.41, 5.74) is 0.890. The topological polar surface area (TPSA) is 84.2 Å². The number of likely N-dealkylation sites (tertiary alicyclic amines) is 1. The summed E-state index contributed by atoms with van der Waals surface area (Å²) >= 11 is 0. The third kappa shape index (κ3) is 4.63. The van der Waals surface area contributed by atoms with Crippen LogP contribution in [0.25, 0.3) is 0 Å². The highest BCUT2D eigenvalue weighted by molar-refractivity contribution is 5.91. The molecule has 1 aliphatic heterocycles. The number of hydrogen-bond donors (Lipinski definition) is 1. The van der Waals surface area contributed by atoms with Crippen LogP contribution in [0.1, 0.15) is 50.0 Å². The molecule has 3 heterocycles. The number of hydrogen-bond acceptors (Lipinski definition) is 6. The minimum Gasteiger partial charge on any atom is -0.339 e. The summed E-state index contributed by atoms with van der Waals surface area (Å²) in [6.07, 6.45) is 1.87. The molecule has 0 aliphatic carbocycles. The molecule has 134 valence electrons. The number of nitrogens with one attached hydrogen (secondary N) is 1. The molecule has 3 rings (SSSR count). The van der Waals surface area contributed by atoms with Crippen LogP contribution in [-0.4, -0.2) is 39.0 Å². The zero-order chi connectivity index (χ0) is 17.8. The molecule has 0 aromatic carbocycles. The van der Waals surface area contributed by atoms with Gasteiger partial charge in [-0.25, -0.2) is 4.98 Å². The lowest BCUT2D eigenvalue weighted by atomic mass is 9.97. The second kappa shape index (κ2) is 7.74. The van der Waals surface area contributed by atoms with Gasteiger partial charge >= 0.3 is 0 Å². The highest BCUT2D eigenvalue weighted by Gasteiger charge is 2.27. The fourth-order valence-electron chi connectivity index (χ4n) is 3.02. The number of rotatable bonds is 5. The maximum Gasteiger partial charge on any atom is 0.229 e. The fourth-order valence-corrected chi connectivity index (χ4v) is 3.02. The van der Waals surface area contributed by atoms with Crippen molar-refractivity contribution in [3.63, 3.8) is 0 Å². The quantitative estimate of drug-likeness (QED) is 0.898. The highest BCUT2D eigenvalue weighted by Crippen LogP contribution is 2.20. The normalized spacial score (nSPS) is 18.5. The Labute approximate surface area is 147 Å². The molecule has 1 aliphatic rings. The number of piperidine rings is 1. The summed E-state index contributed by atoms with van der Waals surface area (Å²) in [4.78, 5) is 23.5. The summed E-state index contributed by atoms with van der Waals surface area (Å²) in [6.45, 7) is 8.22. The Balaban J connectivity index is 1.57. The Bertz CT molecular complexity index is 728. The largest absolute Gasteiger partial charge is 0.339 e. The van der Waals surface area contributed by atoms with E-state index in [1.54, 1.807) is 0 Å². The first-order valence-corrected chi connectivity index (χ1v) is 8.80. The molecule has 1 atom stereocenters. The van der Waals surface area contributed by atoms with E-state index in [2.05, 4.69) is 25.3 Å². The van der Waals surface area contributed by atoms with Gasteiger partial charge in [0.2, 0.25) is 11.8 Å². The smallest absolute Gasteiger partial charge is 0.229 e. The average Bonchev–Trinajstić information content (AvgIpc) is 3.04. The lowest BCUT2D eigenvalue weighted by molar-refractivity contribution is -0.121. The van der Waals surface area contributed by atoms with E-state index < -0.39 is 0 Å². The van der Waals surface area contributed by atoms with Crippen molar-refractivity contribution >= 4 is 11.7 Å². The highest BCUT2D eigenvalue weighted by atomic mass is 16.5. The van der Waals surface area contributed by atoms with E-state index >= 15 is 0 Å². The number of pyridine rings is 1. The number of aromatic nitrogens is 3. The Kier molecular flexibility index (Phi) is 5.43. The van der Waals surface area contributed by atoms with E-state index in [-0.39, 0.29) is 17.7 Å². The first-order valence-electron chi connectivity index (χ1n) is 8.80. The molecule has 0 radical (unpaired) electrons. The molecular formula is C18H25N5O2. The Morgan fingerprint density at radius 1 is 1.40 bits per heavy atom. The number of nitrogens with zero attached hydrogens (tertiary/aromatic N) is 4. The summed E-state index contributed by atoms with van der Waals surface area (Å²) in [6, 6.07) is 5.63. The molecule has 0 spiro atoms. The van der Waals surface area contributed by atoms with Gasteiger partial charge in [-0.05, 0) is 38.4 Å². The Hall–Kier alpha value is -2.28. The molecule has 2 aromatic rings. The van der Waals surface area contributed by atoms with Crippen molar-refractivity contribution in [2.24, 2.45) is 5.92 Å². The van der Waals surface area contributed by atoms with E-state index in [0.29, 0.717) is 30.6 Å². The molecule has 1 saturated heterocycles. The molecule has 25 heavy (non-hydrogen) atoms. The summed E-state index contributed by atoms with van der Waals surface area (Å²) in [5.74, 6) is 2.16. The predicted octanol–water partition coefficient (Wildman–Crippen LogP) is 2.75. The van der Waals surface area contributed by atoms with Crippen molar-refractivity contribution in [2.45, 2.75) is 46.1 Å². The first-order chi connectivity index (χ1) is 12.0. The molecule has 1 fully saturated rings. The number of anilines is 1. The van der Waals surface area contributed by atoms with Gasteiger partial charge in [-0.15, -0.1) is 0 Å². The molecule has 2 aromatic heterocycles. The van der Waals surface area contributed by atoms with E-state index in [4.69, 9.17) is 4.52 Å². The molecule has 0 saturated carbocycles. The van der Waals surface area contributed by atoms with Gasteiger partial charge in [0.1, 0.15) is 5.82 Å². The molecular weight excluding hydrogens is 318 g/mol. The van der Waals surface area contributed by atoms with Crippen LogP contribution in [-0.2, 0) is 11.3 Å². The van der Waals surface area contributed by atoms with E-state index in [0.717, 1.165) is 25.1 Å². The van der Waals surface area contributed by atoms with Gasteiger partial charge in [-0.3, -0.25) is 9.69 Å². The number of carbonyl (C=O) groups excluding carboxylic acids is 1. The zero-order valence-electron chi connectivity index (χ0n) is 15.0. The van der Waals surface area contributed by atoms with Crippen LogP contribution < -0.4 is 5.32 Å². The Morgan fingerprint density at radius 3 is 2.96 bits per heavy atom. The third-order valence-electron chi connectivity index (χ3n) is 4.36. The van der Waals surface area contributed by atoms with Gasteiger partial charge in [0, 0.05) is 18.2 Å². The third-order valence-corrected chi connectivity index (χ3v) is 4.36. The van der Waals surface area contributed by atoms with Crippen LogP contribution in [0.3, 0.4) is 0 Å². The van der Waals surface area contributed by atoms with Gasteiger partial charge in [-0.1, -0.05) is 25.1 Å². The molecule has 0 bridgehead atoms. The molecule has 7 heteroatoms. The van der Waals surface area contributed by atoms with E-state index in [1.165, 1.54) is 0 Å². The van der Waals surface area contributed by atoms with Crippen molar-refractivity contribution in [3.05, 3.63) is 35.6 Å². The zero-order valence-corrected chi connectivity index (χ0v) is 15.0. The van der Waals surface area contributed by atoms with Crippen LogP contribution in [0.15, 0.2) is 22.7 Å². The molecule has 7 nitrogen and oxygen atoms in total. The molecule has 1 unspecified atom stereocenters. The fraction of sp³-hybridized carbons (Fsp3) is 0.556. The van der Waals surface area contributed by atoms with Gasteiger partial charge < -0.3 is 9.84 Å². The second-order valence-corrected chi connectivity index (χ2v) is 6.93. The van der Waals surface area contributed by atoms with Crippen LogP contribution in [0.2, 0.25) is 0 Å². The summed E-state index contributed by atoms with van der Waals surface area (Å²) in [7, 11) is 0.